The number of thioether (sulfide) groups is 1. The summed E-state index contributed by atoms with van der Waals surface area (Å²) in [5.41, 5.74) is 8.39. The zero-order valence-electron chi connectivity index (χ0n) is 12.2. The average molecular weight is 495 g/mol. The van der Waals surface area contributed by atoms with Crippen LogP contribution in [0.1, 0.15) is 17.7 Å². The van der Waals surface area contributed by atoms with Gasteiger partial charge in [0.2, 0.25) is 0 Å². The fourth-order valence-electron chi connectivity index (χ4n) is 1.85. The molecule has 4 nitrogen and oxygen atoms in total. The Balaban J connectivity index is 0.00000242. The van der Waals surface area contributed by atoms with Gasteiger partial charge in [0, 0.05) is 27.8 Å². The van der Waals surface area contributed by atoms with Gasteiger partial charge in [-0.25, -0.2) is 4.98 Å². The van der Waals surface area contributed by atoms with E-state index in [-0.39, 0.29) is 17.0 Å². The minimum absolute atomic E-state index is 0. The first-order valence-corrected chi connectivity index (χ1v) is 8.95. The van der Waals surface area contributed by atoms with Crippen LogP contribution < -0.4 is 5.73 Å². The van der Waals surface area contributed by atoms with E-state index in [2.05, 4.69) is 61.8 Å². The molecule has 0 radical (unpaired) electrons. The molecule has 3 N–H and O–H groups in total. The summed E-state index contributed by atoms with van der Waals surface area (Å²) in [6.45, 7) is 0.750. The molecule has 0 saturated carbocycles. The lowest BCUT2D eigenvalue weighted by Crippen LogP contribution is -2.09. The molecule has 2 aromatic rings. The summed E-state index contributed by atoms with van der Waals surface area (Å²) >= 11 is 3.94. The van der Waals surface area contributed by atoms with Crippen molar-refractivity contribution in [2.45, 2.75) is 19.3 Å². The second kappa shape index (κ2) is 11.1. The Kier molecular flexibility index (Phi) is 9.81. The summed E-state index contributed by atoms with van der Waals surface area (Å²) in [6, 6.07) is 8.52. The van der Waals surface area contributed by atoms with Gasteiger partial charge in [-0.1, -0.05) is 23.9 Å². The molecule has 0 aliphatic heterocycles. The maximum absolute atomic E-state index is 5.91. The molecule has 0 unspecified atom stereocenters. The van der Waals surface area contributed by atoms with Crippen molar-refractivity contribution in [1.29, 1.82) is 0 Å². The predicted octanol–water partition coefficient (Wildman–Crippen LogP) is 3.82. The monoisotopic (exact) mass is 494 g/mol. The van der Waals surface area contributed by atoms with Crippen molar-refractivity contribution in [2.24, 2.45) is 10.7 Å². The number of benzene rings is 1. The minimum Gasteiger partial charge on any atom is -0.379 e. The molecule has 0 atom stereocenters. The van der Waals surface area contributed by atoms with Gasteiger partial charge in [0.25, 0.3) is 0 Å². The second-order valence-corrected chi connectivity index (χ2v) is 6.99. The summed E-state index contributed by atoms with van der Waals surface area (Å²) < 4.78 is 1.26. The number of aromatic nitrogens is 2. The summed E-state index contributed by atoms with van der Waals surface area (Å²) in [5.74, 6) is 0.984. The van der Waals surface area contributed by atoms with E-state index < -0.39 is 0 Å². The average Bonchev–Trinajstić information content (AvgIpc) is 2.99. The van der Waals surface area contributed by atoms with E-state index in [9.17, 15) is 0 Å². The second-order valence-electron chi connectivity index (χ2n) is 4.63. The number of hydrogen-bond donors (Lipinski definition) is 2. The highest BCUT2D eigenvalue weighted by atomic mass is 127. The van der Waals surface area contributed by atoms with Crippen molar-refractivity contribution < 1.29 is 0 Å². The van der Waals surface area contributed by atoms with E-state index in [0.717, 1.165) is 31.6 Å². The number of hydrogen-bond acceptors (Lipinski definition) is 3. The number of H-pyrrole nitrogens is 1. The van der Waals surface area contributed by atoms with Gasteiger partial charge < -0.3 is 10.7 Å². The molecule has 0 amide bonds. The molecule has 7 heteroatoms. The van der Waals surface area contributed by atoms with E-state index in [4.69, 9.17) is 5.73 Å². The van der Waals surface area contributed by atoms with Crippen molar-refractivity contribution in [3.05, 3.63) is 51.6 Å². The summed E-state index contributed by atoms with van der Waals surface area (Å²) in [7, 11) is 0. The van der Waals surface area contributed by atoms with E-state index in [0.29, 0.717) is 5.17 Å². The normalized spacial score (nSPS) is 11.2. The molecule has 0 bridgehead atoms. The Hall–Kier alpha value is -0.540. The number of aryl methyl sites for hydroxylation is 1. The molecule has 120 valence electrons. The standard InChI is InChI=1S/C15H19IN4S.BrH/c16-13-5-3-12(4-6-13)7-8-19-15(17)21-9-1-2-14-10-18-11-20-14;/h3-6,10-11H,1-2,7-9H2,(H2,17,19)(H,18,20);1H. The van der Waals surface area contributed by atoms with Crippen molar-refractivity contribution in [1.82, 2.24) is 9.97 Å². The molecular formula is C15H20BrIN4S. The number of amidine groups is 1. The van der Waals surface area contributed by atoms with Gasteiger partial charge in [0.15, 0.2) is 5.17 Å². The predicted molar refractivity (Wildman–Crippen MR) is 109 cm³/mol. The number of aromatic amines is 1. The van der Waals surface area contributed by atoms with Crippen molar-refractivity contribution >= 4 is 56.5 Å². The number of halogens is 2. The number of nitrogens with zero attached hydrogens (tertiary/aromatic N) is 2. The Morgan fingerprint density at radius 1 is 1.27 bits per heavy atom. The van der Waals surface area contributed by atoms with Gasteiger partial charge in [-0.15, -0.1) is 17.0 Å². The summed E-state index contributed by atoms with van der Waals surface area (Å²) in [4.78, 5) is 11.5. The Labute approximate surface area is 159 Å². The van der Waals surface area contributed by atoms with Crippen LogP contribution in [0.3, 0.4) is 0 Å². The van der Waals surface area contributed by atoms with Crippen LogP contribution in [0.15, 0.2) is 41.8 Å². The summed E-state index contributed by atoms with van der Waals surface area (Å²) in [6.07, 6.45) is 6.58. The Morgan fingerprint density at radius 3 is 2.73 bits per heavy atom. The number of rotatable bonds is 7. The minimum atomic E-state index is 0. The lowest BCUT2D eigenvalue weighted by Gasteiger charge is -2.02. The van der Waals surface area contributed by atoms with Crippen molar-refractivity contribution in [3.8, 4) is 0 Å². The lowest BCUT2D eigenvalue weighted by molar-refractivity contribution is 0.903. The van der Waals surface area contributed by atoms with Crippen LogP contribution in [0.25, 0.3) is 0 Å². The lowest BCUT2D eigenvalue weighted by atomic mass is 10.2. The maximum atomic E-state index is 5.91. The van der Waals surface area contributed by atoms with Crippen LogP contribution in [-0.2, 0) is 12.8 Å². The quantitative estimate of drug-likeness (QED) is 0.266. The first-order valence-electron chi connectivity index (χ1n) is 6.88. The van der Waals surface area contributed by atoms with Gasteiger partial charge in [-0.2, -0.15) is 0 Å². The molecule has 1 aromatic heterocycles. The highest BCUT2D eigenvalue weighted by Crippen LogP contribution is 2.09. The van der Waals surface area contributed by atoms with Crippen molar-refractivity contribution in [2.75, 3.05) is 12.3 Å². The third-order valence-electron chi connectivity index (χ3n) is 2.98. The number of nitrogens with two attached hydrogens (primary N) is 1. The zero-order chi connectivity index (χ0) is 14.9. The van der Waals surface area contributed by atoms with Gasteiger partial charge in [0.05, 0.1) is 6.33 Å². The highest BCUT2D eigenvalue weighted by molar-refractivity contribution is 14.1. The Bertz CT molecular complexity index is 557. The number of aliphatic imine (C=N–C) groups is 1. The smallest absolute Gasteiger partial charge is 0.153 e. The van der Waals surface area contributed by atoms with Crippen LogP contribution >= 0.6 is 51.3 Å². The van der Waals surface area contributed by atoms with Gasteiger partial charge in [-0.05, 0) is 59.5 Å². The molecule has 1 heterocycles. The van der Waals surface area contributed by atoms with Gasteiger partial charge in [0.1, 0.15) is 0 Å². The molecule has 0 saturated heterocycles. The molecule has 2 rings (SSSR count). The maximum Gasteiger partial charge on any atom is 0.153 e. The van der Waals surface area contributed by atoms with Crippen LogP contribution in [-0.4, -0.2) is 27.4 Å². The highest BCUT2D eigenvalue weighted by Gasteiger charge is 1.98. The topological polar surface area (TPSA) is 67.1 Å². The molecule has 1 aromatic carbocycles. The fraction of sp³-hybridized carbons (Fsp3) is 0.333. The van der Waals surface area contributed by atoms with Crippen LogP contribution in [0.5, 0.6) is 0 Å². The Morgan fingerprint density at radius 2 is 2.05 bits per heavy atom. The first-order chi connectivity index (χ1) is 10.2. The van der Waals surface area contributed by atoms with Crippen LogP contribution in [0.4, 0.5) is 0 Å². The van der Waals surface area contributed by atoms with Gasteiger partial charge in [-0.3, -0.25) is 4.99 Å². The van der Waals surface area contributed by atoms with E-state index in [1.807, 2.05) is 6.20 Å². The first kappa shape index (κ1) is 19.5. The summed E-state index contributed by atoms with van der Waals surface area (Å²) in [5, 5.41) is 0.685. The van der Waals surface area contributed by atoms with E-state index >= 15 is 0 Å². The van der Waals surface area contributed by atoms with E-state index in [1.165, 1.54) is 14.8 Å². The third kappa shape index (κ3) is 7.64. The molecule has 22 heavy (non-hydrogen) atoms. The van der Waals surface area contributed by atoms with E-state index in [1.54, 1.807) is 18.1 Å². The molecule has 0 aliphatic rings. The van der Waals surface area contributed by atoms with Crippen LogP contribution in [0, 0.1) is 3.57 Å². The molecule has 0 aliphatic carbocycles. The van der Waals surface area contributed by atoms with Gasteiger partial charge >= 0.3 is 0 Å². The molecule has 0 spiro atoms. The van der Waals surface area contributed by atoms with Crippen LogP contribution in [0.2, 0.25) is 0 Å². The largest absolute Gasteiger partial charge is 0.379 e. The SMILES string of the molecule is Br.NC(=NCCc1ccc(I)cc1)SCCCc1cnc[nH]1. The van der Waals surface area contributed by atoms with Crippen molar-refractivity contribution in [3.63, 3.8) is 0 Å². The number of imidazole rings is 1. The molecule has 0 fully saturated rings. The zero-order valence-corrected chi connectivity index (χ0v) is 16.9. The number of nitrogens with one attached hydrogen (secondary N) is 1. The molecular weight excluding hydrogens is 475 g/mol. The fourth-order valence-corrected chi connectivity index (χ4v) is 2.89. The third-order valence-corrected chi connectivity index (χ3v) is 4.61.